The van der Waals surface area contributed by atoms with Crippen LogP contribution in [0.3, 0.4) is 0 Å². The third-order valence-electron chi connectivity index (χ3n) is 7.96. The highest BCUT2D eigenvalue weighted by atomic mass is 19.1. The van der Waals surface area contributed by atoms with E-state index in [9.17, 15) is 14.4 Å². The van der Waals surface area contributed by atoms with E-state index < -0.39 is 17.4 Å². The molecule has 3 aromatic rings. The Morgan fingerprint density at radius 2 is 1.98 bits per heavy atom. The number of rotatable bonds is 10. The van der Waals surface area contributed by atoms with E-state index in [0.717, 1.165) is 18.5 Å². The average Bonchev–Trinajstić information content (AvgIpc) is 3.90. The Morgan fingerprint density at radius 1 is 1.20 bits per heavy atom. The first-order chi connectivity index (χ1) is 22.1. The second-order valence-corrected chi connectivity index (χ2v) is 11.6. The number of hydrogen-bond acceptors (Lipinski definition) is 8. The van der Waals surface area contributed by atoms with Gasteiger partial charge in [0, 0.05) is 45.2 Å². The number of anilines is 2. The van der Waals surface area contributed by atoms with Crippen LogP contribution in [-0.4, -0.2) is 93.0 Å². The summed E-state index contributed by atoms with van der Waals surface area (Å²) in [7, 11) is 3.26. The maximum Gasteiger partial charge on any atom is 0.412 e. The summed E-state index contributed by atoms with van der Waals surface area (Å²) < 4.78 is 16.9. The van der Waals surface area contributed by atoms with Gasteiger partial charge in [-0.25, -0.2) is 19.2 Å². The molecule has 3 aromatic heterocycles. The third-order valence-corrected chi connectivity index (χ3v) is 7.96. The molecule has 3 amide bonds. The van der Waals surface area contributed by atoms with Crippen LogP contribution in [0.1, 0.15) is 62.5 Å². The average molecular weight is 624 g/mol. The molecule has 1 aliphatic carbocycles. The molecule has 1 fully saturated rings. The fourth-order valence-corrected chi connectivity index (χ4v) is 5.27. The zero-order valence-corrected chi connectivity index (χ0v) is 26.1. The van der Waals surface area contributed by atoms with E-state index in [0.29, 0.717) is 54.6 Å². The molecule has 12 heteroatoms. The Morgan fingerprint density at radius 3 is 2.59 bits per heavy atom. The van der Waals surface area contributed by atoms with Crippen molar-refractivity contribution >= 4 is 34.9 Å². The fourth-order valence-electron chi connectivity index (χ4n) is 5.27. The lowest BCUT2D eigenvalue weighted by Gasteiger charge is -2.29. The Bertz CT molecular complexity index is 1760. The molecule has 4 heterocycles. The van der Waals surface area contributed by atoms with Gasteiger partial charge < -0.3 is 15.5 Å². The van der Waals surface area contributed by atoms with E-state index in [4.69, 9.17) is 11.4 Å². The predicted molar refractivity (Wildman–Crippen MR) is 172 cm³/mol. The molecule has 1 saturated carbocycles. The van der Waals surface area contributed by atoms with Crippen molar-refractivity contribution in [3.8, 4) is 12.3 Å². The number of halogens is 1. The topological polar surface area (TPSA) is 123 Å². The van der Waals surface area contributed by atoms with E-state index in [1.807, 2.05) is 12.3 Å². The molecule has 0 aromatic carbocycles. The molecule has 236 valence electrons. The van der Waals surface area contributed by atoms with Crippen molar-refractivity contribution in [1.29, 1.82) is 0 Å². The molecular formula is C34H36FN8O3+. The molecule has 11 nitrogen and oxygen atoms in total. The highest BCUT2D eigenvalue weighted by Gasteiger charge is 2.31. The minimum absolute atomic E-state index is 0.197. The predicted octanol–water partition coefficient (Wildman–Crippen LogP) is 3.42. The van der Waals surface area contributed by atoms with Crippen molar-refractivity contribution < 1.29 is 23.3 Å². The maximum atomic E-state index is 15.3. The lowest BCUT2D eigenvalue weighted by atomic mass is 10.1. The van der Waals surface area contributed by atoms with Gasteiger partial charge in [0.1, 0.15) is 5.82 Å². The van der Waals surface area contributed by atoms with Crippen molar-refractivity contribution in [3.05, 3.63) is 89.4 Å². The van der Waals surface area contributed by atoms with Gasteiger partial charge in [0.05, 0.1) is 42.3 Å². The summed E-state index contributed by atoms with van der Waals surface area (Å²) in [5.41, 5.74) is 3.34. The van der Waals surface area contributed by atoms with E-state index >= 15 is 4.39 Å². The Balaban J connectivity index is 1.33. The van der Waals surface area contributed by atoms with Gasteiger partial charge in [-0.05, 0) is 54.9 Å². The smallest absolute Gasteiger partial charge is 0.374 e. The molecule has 46 heavy (non-hydrogen) atoms. The van der Waals surface area contributed by atoms with Gasteiger partial charge >= 0.3 is 5.91 Å². The molecule has 2 N–H and O–H groups in total. The van der Waals surface area contributed by atoms with E-state index in [-0.39, 0.29) is 23.7 Å². The lowest BCUT2D eigenvalue weighted by molar-refractivity contribution is -0.450. The normalized spacial score (nSPS) is 15.5. The van der Waals surface area contributed by atoms with Crippen molar-refractivity contribution in [1.82, 2.24) is 24.8 Å². The molecule has 0 spiro atoms. The van der Waals surface area contributed by atoms with Crippen LogP contribution >= 0.6 is 0 Å². The van der Waals surface area contributed by atoms with Gasteiger partial charge in [0.15, 0.2) is 18.1 Å². The molecule has 1 aliphatic heterocycles. The SMILES string of the molecule is C#CC1=[N+](C(=O)C=C)CCN(C[C@@H](Nc2cnc(C(=O)Nc3ncc(C(=O)N(C)C)cc3C)c(F)c2)c2ccc(C3CC3)cn2)C1. The van der Waals surface area contributed by atoms with Crippen molar-refractivity contribution in [2.24, 2.45) is 0 Å². The van der Waals surface area contributed by atoms with Crippen LogP contribution in [-0.2, 0) is 4.79 Å². The van der Waals surface area contributed by atoms with Crippen molar-refractivity contribution in [3.63, 3.8) is 0 Å². The first kappa shape index (κ1) is 32.1. The van der Waals surface area contributed by atoms with Crippen LogP contribution in [0.25, 0.3) is 0 Å². The van der Waals surface area contributed by atoms with E-state index in [1.165, 1.54) is 35.0 Å². The quantitative estimate of drug-likeness (QED) is 0.200. The summed E-state index contributed by atoms with van der Waals surface area (Å²) in [6.45, 7) is 7.06. The lowest BCUT2D eigenvalue weighted by Crippen LogP contribution is -2.47. The molecule has 0 unspecified atom stereocenters. The molecule has 0 radical (unpaired) electrons. The number of carbonyl (C=O) groups is 3. The van der Waals surface area contributed by atoms with Crippen LogP contribution in [0.4, 0.5) is 15.9 Å². The van der Waals surface area contributed by atoms with Gasteiger partial charge in [-0.3, -0.25) is 19.5 Å². The number of nitrogens with one attached hydrogen (secondary N) is 2. The maximum absolute atomic E-state index is 15.3. The van der Waals surface area contributed by atoms with Crippen molar-refractivity contribution in [2.75, 3.05) is 50.9 Å². The Kier molecular flexibility index (Phi) is 9.63. The van der Waals surface area contributed by atoms with E-state index in [2.05, 4.69) is 44.1 Å². The molecule has 5 rings (SSSR count). The number of terminal acetylenes is 1. The molecule has 0 saturated heterocycles. The number of aryl methyl sites for hydroxylation is 1. The van der Waals surface area contributed by atoms with Gasteiger partial charge in [0.2, 0.25) is 5.71 Å². The van der Waals surface area contributed by atoms with E-state index in [1.54, 1.807) is 31.7 Å². The number of pyridine rings is 3. The zero-order valence-electron chi connectivity index (χ0n) is 26.1. The Hall–Kier alpha value is -5.28. The first-order valence-corrected chi connectivity index (χ1v) is 14.9. The van der Waals surface area contributed by atoms with Crippen LogP contribution < -0.4 is 10.6 Å². The number of nitrogens with zero attached hydrogens (tertiary/aromatic N) is 6. The summed E-state index contributed by atoms with van der Waals surface area (Å²) in [4.78, 5) is 54.0. The number of aromatic nitrogens is 3. The van der Waals surface area contributed by atoms with Crippen LogP contribution in [0.5, 0.6) is 0 Å². The molecular weight excluding hydrogens is 587 g/mol. The summed E-state index contributed by atoms with van der Waals surface area (Å²) >= 11 is 0. The van der Waals surface area contributed by atoms with Crippen LogP contribution in [0, 0.1) is 25.1 Å². The highest BCUT2D eigenvalue weighted by Crippen LogP contribution is 2.39. The standard InChI is InChI=1S/C34H35FN8O3/c1-6-26-19-42(12-13-43(26)30(44)7-2)20-29(28-11-10-23(16-36-28)22-8-9-22)39-25-15-27(35)31(37-18-25)33(45)40-32-21(3)14-24(17-38-32)34(46)41(4)5/h1,7,10-11,14-18,22,29H,2,8-9,12-13,19-20H2,3-5H3,(H-,38,39,40,45,46)/p+1/t29-/m1/s1. The fraction of sp³-hybridized carbons (Fsp3) is 0.324. The summed E-state index contributed by atoms with van der Waals surface area (Å²) in [6, 6.07) is 6.47. The number of amides is 3. The second-order valence-electron chi connectivity index (χ2n) is 11.6. The first-order valence-electron chi connectivity index (χ1n) is 14.9. The third kappa shape index (κ3) is 7.33. The van der Waals surface area contributed by atoms with Gasteiger partial charge in [-0.15, -0.1) is 6.42 Å². The van der Waals surface area contributed by atoms with Crippen LogP contribution in [0.15, 0.2) is 55.5 Å². The number of hydrogen-bond donors (Lipinski definition) is 2. The number of carbonyl (C=O) groups excluding carboxylic acids is 3. The summed E-state index contributed by atoms with van der Waals surface area (Å²) in [6.07, 6.45) is 13.9. The highest BCUT2D eigenvalue weighted by molar-refractivity contribution is 6.03. The van der Waals surface area contributed by atoms with Gasteiger partial charge in [0.25, 0.3) is 11.8 Å². The zero-order chi connectivity index (χ0) is 33.0. The minimum atomic E-state index is -0.824. The Labute approximate surface area is 267 Å². The molecule has 0 bridgehead atoms. The van der Waals surface area contributed by atoms with Crippen LogP contribution in [0.2, 0.25) is 0 Å². The second kappa shape index (κ2) is 13.8. The van der Waals surface area contributed by atoms with Gasteiger partial charge in [-0.2, -0.15) is 4.58 Å². The molecule has 2 aliphatic rings. The summed E-state index contributed by atoms with van der Waals surface area (Å²) in [5, 5.41) is 5.91. The largest absolute Gasteiger partial charge is 0.412 e. The van der Waals surface area contributed by atoms with Crippen molar-refractivity contribution in [2.45, 2.75) is 31.7 Å². The minimum Gasteiger partial charge on any atom is -0.374 e. The van der Waals surface area contributed by atoms with Gasteiger partial charge in [-0.1, -0.05) is 12.6 Å². The molecule has 1 atom stereocenters. The summed E-state index contributed by atoms with van der Waals surface area (Å²) in [5.74, 6) is 1.30. The monoisotopic (exact) mass is 623 g/mol.